The van der Waals surface area contributed by atoms with Gasteiger partial charge in [0.1, 0.15) is 0 Å². The van der Waals surface area contributed by atoms with Crippen LogP contribution in [0.25, 0.3) is 10.9 Å². The number of H-pyrrole nitrogens is 1. The lowest BCUT2D eigenvalue weighted by Gasteiger charge is -2.38. The van der Waals surface area contributed by atoms with Gasteiger partial charge in [-0.25, -0.2) is 0 Å². The molecule has 25 heavy (non-hydrogen) atoms. The summed E-state index contributed by atoms with van der Waals surface area (Å²) >= 11 is 0. The van der Waals surface area contributed by atoms with Crippen molar-refractivity contribution in [2.24, 2.45) is 0 Å². The summed E-state index contributed by atoms with van der Waals surface area (Å²) in [5, 5.41) is 1.34. The topological polar surface area (TPSA) is 22.3 Å². The van der Waals surface area contributed by atoms with Gasteiger partial charge in [-0.3, -0.25) is 4.90 Å². The van der Waals surface area contributed by atoms with Crippen molar-refractivity contribution in [3.05, 3.63) is 71.4 Å². The van der Waals surface area contributed by atoms with Crippen LogP contribution < -0.4 is 0 Å². The van der Waals surface area contributed by atoms with Gasteiger partial charge >= 0.3 is 0 Å². The Bertz CT molecular complexity index is 826. The van der Waals surface area contributed by atoms with Crippen molar-refractivity contribution in [3.63, 3.8) is 0 Å². The highest BCUT2D eigenvalue weighted by molar-refractivity contribution is 5.84. The number of rotatable bonds is 4. The molecule has 0 spiro atoms. The van der Waals surface area contributed by atoms with Gasteiger partial charge in [0.15, 0.2) is 0 Å². The molecule has 1 aliphatic rings. The normalized spacial score (nSPS) is 17.8. The first kappa shape index (κ1) is 16.4. The summed E-state index contributed by atoms with van der Waals surface area (Å²) in [7, 11) is 2.22. The monoisotopic (exact) mass is 333 g/mol. The number of aryl methyl sites for hydroxylation is 1. The summed E-state index contributed by atoms with van der Waals surface area (Å²) in [4.78, 5) is 8.53. The Kier molecular flexibility index (Phi) is 4.60. The molecular formula is C22H27N3. The molecule has 3 aromatic rings. The Hall–Kier alpha value is -2.10. The molecule has 1 aromatic heterocycles. The minimum atomic E-state index is 0.316. The van der Waals surface area contributed by atoms with E-state index >= 15 is 0 Å². The lowest BCUT2D eigenvalue weighted by Crippen LogP contribution is -2.46. The van der Waals surface area contributed by atoms with Gasteiger partial charge in [-0.15, -0.1) is 0 Å². The molecule has 1 N–H and O–H groups in total. The molecule has 1 atom stereocenters. The van der Waals surface area contributed by atoms with Gasteiger partial charge in [-0.05, 0) is 36.2 Å². The van der Waals surface area contributed by atoms with E-state index in [0.717, 1.165) is 32.6 Å². The van der Waals surface area contributed by atoms with Gasteiger partial charge < -0.3 is 9.88 Å². The fourth-order valence-corrected chi connectivity index (χ4v) is 3.92. The maximum atomic E-state index is 3.47. The van der Waals surface area contributed by atoms with Crippen molar-refractivity contribution in [2.45, 2.75) is 19.4 Å². The molecule has 0 aliphatic carbocycles. The predicted octanol–water partition coefficient (Wildman–Crippen LogP) is 4.07. The lowest BCUT2D eigenvalue weighted by molar-refractivity contribution is 0.128. The second-order valence-corrected chi connectivity index (χ2v) is 7.13. The third-order valence-electron chi connectivity index (χ3n) is 5.52. The van der Waals surface area contributed by atoms with Gasteiger partial charge in [-0.1, -0.05) is 49.4 Å². The molecule has 0 saturated carbocycles. The average Bonchev–Trinajstić information content (AvgIpc) is 3.08. The first-order valence-corrected chi connectivity index (χ1v) is 9.33. The van der Waals surface area contributed by atoms with E-state index in [9.17, 15) is 0 Å². The first-order chi connectivity index (χ1) is 12.3. The van der Waals surface area contributed by atoms with Gasteiger partial charge in [0.2, 0.25) is 0 Å². The molecule has 1 fully saturated rings. The predicted molar refractivity (Wildman–Crippen MR) is 105 cm³/mol. The number of nitrogens with zero attached hydrogens (tertiary/aromatic N) is 2. The van der Waals surface area contributed by atoms with Crippen LogP contribution in [0.15, 0.2) is 54.7 Å². The Labute approximate surface area is 150 Å². The summed E-state index contributed by atoms with van der Waals surface area (Å²) in [6, 6.07) is 18.2. The second kappa shape index (κ2) is 7.03. The highest BCUT2D eigenvalue weighted by atomic mass is 15.3. The van der Waals surface area contributed by atoms with Crippen molar-refractivity contribution in [2.75, 3.05) is 33.2 Å². The van der Waals surface area contributed by atoms with Crippen molar-refractivity contribution < 1.29 is 0 Å². The summed E-state index contributed by atoms with van der Waals surface area (Å²) in [5.74, 6) is 0. The highest BCUT2D eigenvalue weighted by Crippen LogP contribution is 2.34. The van der Waals surface area contributed by atoms with E-state index in [4.69, 9.17) is 0 Å². The van der Waals surface area contributed by atoms with Crippen LogP contribution in [0.4, 0.5) is 0 Å². The van der Waals surface area contributed by atoms with Crippen LogP contribution >= 0.6 is 0 Å². The molecule has 0 radical (unpaired) electrons. The van der Waals surface area contributed by atoms with Crippen LogP contribution in [0.1, 0.15) is 29.7 Å². The van der Waals surface area contributed by atoms with E-state index in [2.05, 4.69) is 83.5 Å². The smallest absolute Gasteiger partial charge is 0.0623 e. The minimum absolute atomic E-state index is 0.316. The number of piperazine rings is 1. The number of nitrogens with one attached hydrogen (secondary N) is 1. The molecule has 2 aromatic carbocycles. The third-order valence-corrected chi connectivity index (χ3v) is 5.52. The SMILES string of the molecule is CCc1ccc(C(c2c[nH]c3ccccc23)N2CCN(C)CC2)cc1. The number of hydrogen-bond acceptors (Lipinski definition) is 2. The third kappa shape index (κ3) is 3.22. The highest BCUT2D eigenvalue weighted by Gasteiger charge is 2.27. The number of aromatic amines is 1. The zero-order chi connectivity index (χ0) is 17.2. The molecule has 1 unspecified atom stereocenters. The van der Waals surface area contributed by atoms with Crippen molar-refractivity contribution in [1.29, 1.82) is 0 Å². The number of aromatic nitrogens is 1. The first-order valence-electron chi connectivity index (χ1n) is 9.33. The summed E-state index contributed by atoms with van der Waals surface area (Å²) in [6.07, 6.45) is 3.30. The quantitative estimate of drug-likeness (QED) is 0.777. The van der Waals surface area contributed by atoms with Gasteiger partial charge in [-0.2, -0.15) is 0 Å². The summed E-state index contributed by atoms with van der Waals surface area (Å²) in [6.45, 7) is 6.69. The molecule has 1 aliphatic heterocycles. The molecule has 2 heterocycles. The Morgan fingerprint density at radius 2 is 1.68 bits per heavy atom. The van der Waals surface area contributed by atoms with Crippen molar-refractivity contribution in [1.82, 2.24) is 14.8 Å². The number of fused-ring (bicyclic) bond motifs is 1. The minimum Gasteiger partial charge on any atom is -0.361 e. The van der Waals surface area contributed by atoms with Crippen LogP contribution in [0.5, 0.6) is 0 Å². The number of likely N-dealkylation sites (N-methyl/N-ethyl adjacent to an activating group) is 1. The van der Waals surface area contributed by atoms with E-state index in [1.807, 2.05) is 0 Å². The molecule has 0 bridgehead atoms. The molecule has 3 nitrogen and oxygen atoms in total. The van der Waals surface area contributed by atoms with Crippen molar-refractivity contribution >= 4 is 10.9 Å². The molecular weight excluding hydrogens is 306 g/mol. The van der Waals surface area contributed by atoms with Gasteiger partial charge in [0.25, 0.3) is 0 Å². The van der Waals surface area contributed by atoms with Crippen LogP contribution in [0.2, 0.25) is 0 Å². The molecule has 4 rings (SSSR count). The molecule has 0 amide bonds. The maximum Gasteiger partial charge on any atom is 0.0623 e. The van der Waals surface area contributed by atoms with E-state index < -0.39 is 0 Å². The molecule has 3 heteroatoms. The van der Waals surface area contributed by atoms with Crippen LogP contribution in [-0.2, 0) is 6.42 Å². The van der Waals surface area contributed by atoms with Crippen LogP contribution in [0.3, 0.4) is 0 Å². The van der Waals surface area contributed by atoms with E-state index in [-0.39, 0.29) is 0 Å². The van der Waals surface area contributed by atoms with E-state index in [1.165, 1.54) is 27.6 Å². The zero-order valence-electron chi connectivity index (χ0n) is 15.2. The van der Waals surface area contributed by atoms with Crippen LogP contribution in [-0.4, -0.2) is 48.0 Å². The number of benzene rings is 2. The fraction of sp³-hybridized carbons (Fsp3) is 0.364. The van der Waals surface area contributed by atoms with E-state index in [1.54, 1.807) is 0 Å². The van der Waals surface area contributed by atoms with Crippen molar-refractivity contribution in [3.8, 4) is 0 Å². The van der Waals surface area contributed by atoms with Crippen LogP contribution in [0, 0.1) is 0 Å². The maximum absolute atomic E-state index is 3.47. The lowest BCUT2D eigenvalue weighted by atomic mass is 9.95. The summed E-state index contributed by atoms with van der Waals surface area (Å²) < 4.78 is 0. The zero-order valence-corrected chi connectivity index (χ0v) is 15.2. The average molecular weight is 333 g/mol. The number of hydrogen-bond donors (Lipinski definition) is 1. The summed E-state index contributed by atoms with van der Waals surface area (Å²) in [5.41, 5.74) is 5.41. The standard InChI is InChI=1S/C22H27N3/c1-3-17-8-10-18(11-9-17)22(25-14-12-24(2)13-15-25)20-16-23-21-7-5-4-6-19(20)21/h4-11,16,22-23H,3,12-15H2,1-2H3. The Balaban J connectivity index is 1.77. The molecule has 130 valence electrons. The molecule has 1 saturated heterocycles. The van der Waals surface area contributed by atoms with E-state index in [0.29, 0.717) is 6.04 Å². The fourth-order valence-electron chi connectivity index (χ4n) is 3.92. The van der Waals surface area contributed by atoms with Gasteiger partial charge in [0, 0.05) is 43.3 Å². The largest absolute Gasteiger partial charge is 0.361 e. The second-order valence-electron chi connectivity index (χ2n) is 7.13. The Morgan fingerprint density at radius 1 is 0.960 bits per heavy atom. The number of para-hydroxylation sites is 1. The van der Waals surface area contributed by atoms with Gasteiger partial charge in [0.05, 0.1) is 6.04 Å². The Morgan fingerprint density at radius 3 is 2.40 bits per heavy atom.